The maximum absolute atomic E-state index is 9.57. The predicted molar refractivity (Wildman–Crippen MR) is 251 cm³/mol. The van der Waals surface area contributed by atoms with E-state index in [0.717, 1.165) is 55.3 Å². The average Bonchev–Trinajstić information content (AvgIpc) is 3.38. The lowest BCUT2D eigenvalue weighted by molar-refractivity contribution is 1.28. The normalized spacial score (nSPS) is 12.9. The Bertz CT molecular complexity index is 3430. The molecule has 10 rings (SSSR count). The minimum Gasteiger partial charge on any atom is -0.311 e. The highest BCUT2D eigenvalue weighted by molar-refractivity contribution is 5.88. The Kier molecular flexibility index (Phi) is 7.54. The number of hydrogen-bond acceptors (Lipinski definition) is 1. The van der Waals surface area contributed by atoms with Gasteiger partial charge in [0.15, 0.2) is 0 Å². The molecule has 10 aromatic rings. The van der Waals surface area contributed by atoms with Crippen LogP contribution in [0.1, 0.15) is 11.0 Å². The van der Waals surface area contributed by atoms with Gasteiger partial charge >= 0.3 is 0 Å². The van der Waals surface area contributed by atoms with Gasteiger partial charge < -0.3 is 4.90 Å². The Balaban J connectivity index is 1.11. The molecule has 59 heavy (non-hydrogen) atoms. The maximum Gasteiger partial charge on any atom is 0.0645 e. The van der Waals surface area contributed by atoms with Gasteiger partial charge in [-0.2, -0.15) is 0 Å². The number of rotatable bonds is 9. The molecule has 1 nitrogen and oxygen atoms in total. The number of benzene rings is 10. The Morgan fingerprint density at radius 3 is 1.12 bits per heavy atom. The van der Waals surface area contributed by atoms with E-state index >= 15 is 0 Å². The van der Waals surface area contributed by atoms with E-state index in [1.807, 2.05) is 127 Å². The van der Waals surface area contributed by atoms with Crippen molar-refractivity contribution in [3.8, 4) is 66.8 Å². The number of anilines is 3. The molecule has 0 aliphatic rings. The van der Waals surface area contributed by atoms with Crippen LogP contribution in [0.15, 0.2) is 249 Å². The largest absolute Gasteiger partial charge is 0.311 e. The number of nitrogens with zero attached hydrogens (tertiary/aromatic N) is 1. The van der Waals surface area contributed by atoms with Crippen LogP contribution >= 0.6 is 0 Å². The van der Waals surface area contributed by atoms with Crippen molar-refractivity contribution in [2.75, 3.05) is 4.90 Å². The Morgan fingerprint density at radius 2 is 0.559 bits per heavy atom. The quantitative estimate of drug-likeness (QED) is 0.142. The lowest BCUT2D eigenvalue weighted by Crippen LogP contribution is -2.09. The molecule has 10 aromatic carbocycles. The van der Waals surface area contributed by atoms with Crippen molar-refractivity contribution in [2.45, 2.75) is 0 Å². The molecule has 0 atom stereocenters. The summed E-state index contributed by atoms with van der Waals surface area (Å²) in [6.07, 6.45) is 0. The van der Waals surface area contributed by atoms with Gasteiger partial charge in [0.25, 0.3) is 0 Å². The summed E-state index contributed by atoms with van der Waals surface area (Å²) in [4.78, 5) is 1.35. The van der Waals surface area contributed by atoms with Crippen molar-refractivity contribution in [2.24, 2.45) is 0 Å². The van der Waals surface area contributed by atoms with Crippen molar-refractivity contribution in [3.05, 3.63) is 249 Å². The molecule has 0 aliphatic heterocycles. The SMILES string of the molecule is [2H]c1c([2H])c(N(c2ccc(-c3cccc(-c4ccc5ccccc5c4)c3)cc2)c2c([2H])c([2H])c(-c3cccc(-c4ccccc4)c3)c([2H])c2[2H])c([2H])c([2H])c1-c1ccc(-c2ccccc2)cc1. The first-order valence-corrected chi connectivity index (χ1v) is 19.6. The molecule has 0 N–H and O–H groups in total. The first-order chi connectivity index (χ1) is 32.6. The molecule has 1 heteroatoms. The molecular weight excluding hydrogens is 711 g/mol. The monoisotopic (exact) mass is 759 g/mol. The molecule has 0 saturated heterocycles. The first kappa shape index (κ1) is 27.8. The summed E-state index contributed by atoms with van der Waals surface area (Å²) in [5, 5.41) is 2.30. The van der Waals surface area contributed by atoms with E-state index in [-0.39, 0.29) is 46.7 Å². The zero-order valence-electron chi connectivity index (χ0n) is 40.0. The summed E-state index contributed by atoms with van der Waals surface area (Å²) in [6.45, 7) is 0. The fourth-order valence-corrected chi connectivity index (χ4v) is 7.49. The lowest BCUT2D eigenvalue weighted by atomic mass is 9.97. The fraction of sp³-hybridized carbons (Fsp3) is 0. The van der Waals surface area contributed by atoms with Gasteiger partial charge in [-0.15, -0.1) is 0 Å². The molecule has 278 valence electrons. The summed E-state index contributed by atoms with van der Waals surface area (Å²) in [5.74, 6) is 0. The Morgan fingerprint density at radius 1 is 0.220 bits per heavy atom. The van der Waals surface area contributed by atoms with Gasteiger partial charge in [-0.05, 0) is 132 Å². The van der Waals surface area contributed by atoms with Gasteiger partial charge in [-0.1, -0.05) is 194 Å². The molecule has 0 spiro atoms. The zero-order valence-corrected chi connectivity index (χ0v) is 32.0. The predicted octanol–water partition coefficient (Wildman–Crippen LogP) is 16.3. The van der Waals surface area contributed by atoms with Crippen molar-refractivity contribution < 1.29 is 11.0 Å². The zero-order chi connectivity index (χ0) is 46.3. The van der Waals surface area contributed by atoms with Crippen LogP contribution in [0.3, 0.4) is 0 Å². The van der Waals surface area contributed by atoms with Gasteiger partial charge in [-0.25, -0.2) is 0 Å². The number of fused-ring (bicyclic) bond motifs is 1. The van der Waals surface area contributed by atoms with E-state index in [1.54, 1.807) is 30.3 Å². The third-order valence-electron chi connectivity index (χ3n) is 10.6. The molecule has 0 radical (unpaired) electrons. The summed E-state index contributed by atoms with van der Waals surface area (Å²) < 4.78 is 75.8. The van der Waals surface area contributed by atoms with Crippen LogP contribution in [0.4, 0.5) is 17.1 Å². The molecule has 0 aromatic heterocycles. The molecule has 0 bridgehead atoms. The molecule has 0 heterocycles. The topological polar surface area (TPSA) is 3.24 Å². The number of hydrogen-bond donors (Lipinski definition) is 0. The second-order valence-corrected chi connectivity index (χ2v) is 14.4. The van der Waals surface area contributed by atoms with Crippen LogP contribution in [0, 0.1) is 0 Å². The van der Waals surface area contributed by atoms with Crippen LogP contribution in [0.2, 0.25) is 0 Å². The van der Waals surface area contributed by atoms with Crippen LogP contribution in [0.5, 0.6) is 0 Å². The Labute approximate surface area is 358 Å². The van der Waals surface area contributed by atoms with Crippen LogP contribution in [-0.4, -0.2) is 0 Å². The van der Waals surface area contributed by atoms with E-state index in [9.17, 15) is 11.0 Å². The summed E-state index contributed by atoms with van der Waals surface area (Å²) in [5.41, 5.74) is 8.73. The van der Waals surface area contributed by atoms with E-state index in [2.05, 4.69) is 42.5 Å². The van der Waals surface area contributed by atoms with E-state index < -0.39 is 24.2 Å². The summed E-state index contributed by atoms with van der Waals surface area (Å²) in [7, 11) is 0. The highest BCUT2D eigenvalue weighted by Gasteiger charge is 2.15. The minimum absolute atomic E-state index is 0.104. The summed E-state index contributed by atoms with van der Waals surface area (Å²) in [6, 6.07) is 61.5. The van der Waals surface area contributed by atoms with Crippen LogP contribution in [0.25, 0.3) is 77.5 Å². The smallest absolute Gasteiger partial charge is 0.0645 e. The highest BCUT2D eigenvalue weighted by Crippen LogP contribution is 2.39. The van der Waals surface area contributed by atoms with Gasteiger partial charge in [0.2, 0.25) is 0 Å². The van der Waals surface area contributed by atoms with E-state index in [0.29, 0.717) is 16.8 Å². The van der Waals surface area contributed by atoms with E-state index in [1.165, 1.54) is 4.90 Å². The van der Waals surface area contributed by atoms with Crippen molar-refractivity contribution in [1.29, 1.82) is 0 Å². The molecule has 0 unspecified atom stereocenters. The van der Waals surface area contributed by atoms with Gasteiger partial charge in [0, 0.05) is 17.1 Å². The first-order valence-electron chi connectivity index (χ1n) is 23.6. The second-order valence-electron chi connectivity index (χ2n) is 14.4. The second kappa shape index (κ2) is 16.0. The van der Waals surface area contributed by atoms with Crippen molar-refractivity contribution in [1.82, 2.24) is 0 Å². The maximum atomic E-state index is 9.57. The summed E-state index contributed by atoms with van der Waals surface area (Å²) >= 11 is 0. The molecule has 0 amide bonds. The molecule has 0 aliphatic carbocycles. The van der Waals surface area contributed by atoms with Crippen LogP contribution < -0.4 is 4.90 Å². The van der Waals surface area contributed by atoms with Gasteiger partial charge in [0.05, 0.1) is 11.0 Å². The van der Waals surface area contributed by atoms with Crippen LogP contribution in [-0.2, 0) is 0 Å². The third-order valence-corrected chi connectivity index (χ3v) is 10.6. The molecule has 0 saturated carbocycles. The molecular formula is C58H41N. The van der Waals surface area contributed by atoms with Crippen molar-refractivity contribution in [3.63, 3.8) is 0 Å². The van der Waals surface area contributed by atoms with Gasteiger partial charge in [-0.3, -0.25) is 0 Å². The Hall–Kier alpha value is -7.74. The standard InChI is InChI=1S/C58H41N/c1-3-11-42(12-4-1)45-21-23-46(24-22-45)47-27-33-56(34-28-47)59(57-35-29-48(30-36-57)52-18-9-17-51(39-52)43-13-5-2-6-14-43)58-37-31-49(32-38-58)53-19-10-20-54(40-53)55-26-25-44-15-7-8-16-50(44)41-55/h1-41H/i27D,28D,29D,30D,33D,34D,35D,36D. The lowest BCUT2D eigenvalue weighted by Gasteiger charge is -2.26. The van der Waals surface area contributed by atoms with Gasteiger partial charge in [0.1, 0.15) is 0 Å². The average molecular weight is 760 g/mol. The molecule has 0 fully saturated rings. The fourth-order valence-electron chi connectivity index (χ4n) is 7.49. The third kappa shape index (κ3) is 7.58. The van der Waals surface area contributed by atoms with E-state index in [4.69, 9.17) is 0 Å². The minimum atomic E-state index is -0.397. The van der Waals surface area contributed by atoms with Crippen molar-refractivity contribution >= 4 is 27.8 Å². The highest BCUT2D eigenvalue weighted by atomic mass is 15.1.